The third kappa shape index (κ3) is 4.82. The lowest BCUT2D eigenvalue weighted by molar-refractivity contribution is 0.1000. The summed E-state index contributed by atoms with van der Waals surface area (Å²) in [5, 5.41) is 7.27. The van der Waals surface area contributed by atoms with Crippen LogP contribution in [0.3, 0.4) is 0 Å². The number of primary amides is 1. The number of nitrogens with two attached hydrogens (primary N) is 1. The first-order valence-electron chi connectivity index (χ1n) is 9.28. The average molecular weight is 434 g/mol. The molecule has 0 saturated carbocycles. The molecule has 1 fully saturated rings. The number of rotatable bonds is 5. The molecule has 0 radical (unpaired) electrons. The number of nitrogens with zero attached hydrogens (tertiary/aromatic N) is 3. The van der Waals surface area contributed by atoms with E-state index in [-0.39, 0.29) is 6.10 Å². The van der Waals surface area contributed by atoms with Crippen molar-refractivity contribution in [1.29, 1.82) is 0 Å². The first-order valence-corrected chi connectivity index (χ1v) is 10.9. The van der Waals surface area contributed by atoms with Crippen LogP contribution in [0.25, 0.3) is 5.52 Å². The fraction of sp³-hybridized carbons (Fsp3) is 0.350. The SMILES string of the molecule is CSC.Cc1c(C(N)=O)cn2ncnc(Nc3ccc(F)cc3OC3CCOC3)c12. The second-order valence-electron chi connectivity index (χ2n) is 6.71. The van der Waals surface area contributed by atoms with E-state index in [1.807, 2.05) is 12.5 Å². The zero-order valence-electron chi connectivity index (χ0n) is 17.0. The zero-order chi connectivity index (χ0) is 21.7. The van der Waals surface area contributed by atoms with Gasteiger partial charge in [0, 0.05) is 18.7 Å². The Hall–Kier alpha value is -2.85. The number of benzene rings is 1. The Kier molecular flexibility index (Phi) is 7.11. The van der Waals surface area contributed by atoms with Gasteiger partial charge < -0.3 is 20.5 Å². The van der Waals surface area contributed by atoms with Gasteiger partial charge in [-0.05, 0) is 37.1 Å². The normalized spacial score (nSPS) is 15.5. The number of anilines is 2. The molecule has 8 nitrogen and oxygen atoms in total. The Morgan fingerprint density at radius 2 is 2.20 bits per heavy atom. The number of hydrogen-bond donors (Lipinski definition) is 2. The quantitative estimate of drug-likeness (QED) is 0.637. The predicted octanol–water partition coefficient (Wildman–Crippen LogP) is 3.17. The van der Waals surface area contributed by atoms with Crippen LogP contribution in [0.2, 0.25) is 0 Å². The summed E-state index contributed by atoms with van der Waals surface area (Å²) in [7, 11) is 0. The highest BCUT2D eigenvalue weighted by molar-refractivity contribution is 7.97. The van der Waals surface area contributed by atoms with Gasteiger partial charge in [-0.15, -0.1) is 0 Å². The van der Waals surface area contributed by atoms with Crippen LogP contribution in [-0.4, -0.2) is 52.3 Å². The van der Waals surface area contributed by atoms with Crippen molar-refractivity contribution >= 4 is 34.7 Å². The molecule has 3 N–H and O–H groups in total. The van der Waals surface area contributed by atoms with Gasteiger partial charge in [-0.3, -0.25) is 4.79 Å². The molecular formula is C20H24FN5O3S. The van der Waals surface area contributed by atoms with Crippen molar-refractivity contribution in [2.24, 2.45) is 5.73 Å². The Morgan fingerprint density at radius 1 is 1.43 bits per heavy atom. The molecule has 10 heteroatoms. The highest BCUT2D eigenvalue weighted by Gasteiger charge is 2.21. The summed E-state index contributed by atoms with van der Waals surface area (Å²) in [5.41, 5.74) is 7.58. The predicted molar refractivity (Wildman–Crippen MR) is 115 cm³/mol. The lowest BCUT2D eigenvalue weighted by Gasteiger charge is -2.17. The Labute approximate surface area is 178 Å². The van der Waals surface area contributed by atoms with Crippen molar-refractivity contribution < 1.29 is 18.7 Å². The number of carbonyl (C=O) groups excluding carboxylic acids is 1. The third-order valence-corrected chi connectivity index (χ3v) is 4.47. The van der Waals surface area contributed by atoms with Crippen molar-refractivity contribution in [3.63, 3.8) is 0 Å². The number of amides is 1. The van der Waals surface area contributed by atoms with Crippen molar-refractivity contribution in [3.05, 3.63) is 47.7 Å². The fourth-order valence-corrected chi connectivity index (χ4v) is 3.11. The lowest BCUT2D eigenvalue weighted by Crippen LogP contribution is -2.16. The van der Waals surface area contributed by atoms with Crippen LogP contribution in [0.15, 0.2) is 30.7 Å². The summed E-state index contributed by atoms with van der Waals surface area (Å²) in [4.78, 5) is 15.9. The summed E-state index contributed by atoms with van der Waals surface area (Å²) in [5.74, 6) is -0.135. The van der Waals surface area contributed by atoms with Crippen LogP contribution < -0.4 is 15.8 Å². The zero-order valence-corrected chi connectivity index (χ0v) is 17.8. The molecule has 0 spiro atoms. The van der Waals surface area contributed by atoms with Gasteiger partial charge in [0.1, 0.15) is 29.5 Å². The Balaban J connectivity index is 0.000000806. The van der Waals surface area contributed by atoms with E-state index < -0.39 is 11.7 Å². The maximum atomic E-state index is 13.7. The van der Waals surface area contributed by atoms with E-state index in [1.165, 1.54) is 23.0 Å². The van der Waals surface area contributed by atoms with Crippen LogP contribution in [-0.2, 0) is 4.74 Å². The van der Waals surface area contributed by atoms with E-state index in [0.717, 1.165) is 6.42 Å². The Bertz CT molecular complexity index is 1040. The molecule has 1 aliphatic heterocycles. The van der Waals surface area contributed by atoms with E-state index >= 15 is 0 Å². The number of fused-ring (bicyclic) bond motifs is 1. The van der Waals surface area contributed by atoms with E-state index in [1.54, 1.807) is 30.9 Å². The molecule has 1 unspecified atom stereocenters. The minimum absolute atomic E-state index is 0.130. The number of aromatic nitrogens is 3. The van der Waals surface area contributed by atoms with Crippen molar-refractivity contribution in [2.75, 3.05) is 31.0 Å². The molecule has 1 amide bonds. The first kappa shape index (κ1) is 21.8. The summed E-state index contributed by atoms with van der Waals surface area (Å²) in [6.45, 7) is 2.85. The molecule has 3 aromatic rings. The third-order valence-electron chi connectivity index (χ3n) is 4.47. The largest absolute Gasteiger partial charge is 0.486 e. The van der Waals surface area contributed by atoms with Crippen LogP contribution >= 0.6 is 11.8 Å². The summed E-state index contributed by atoms with van der Waals surface area (Å²) >= 11 is 1.75. The maximum Gasteiger partial charge on any atom is 0.250 e. The van der Waals surface area contributed by atoms with Crippen LogP contribution in [0, 0.1) is 12.7 Å². The lowest BCUT2D eigenvalue weighted by atomic mass is 10.2. The Morgan fingerprint density at radius 3 is 2.87 bits per heavy atom. The van der Waals surface area contributed by atoms with Crippen molar-refractivity contribution in [1.82, 2.24) is 14.6 Å². The van der Waals surface area contributed by atoms with Gasteiger partial charge in [-0.1, -0.05) is 0 Å². The van der Waals surface area contributed by atoms with Gasteiger partial charge in [-0.25, -0.2) is 13.9 Å². The molecule has 4 rings (SSSR count). The molecule has 30 heavy (non-hydrogen) atoms. The average Bonchev–Trinajstić information content (AvgIpc) is 3.33. The van der Waals surface area contributed by atoms with Crippen LogP contribution in [0.4, 0.5) is 15.9 Å². The highest BCUT2D eigenvalue weighted by Crippen LogP contribution is 2.32. The van der Waals surface area contributed by atoms with E-state index in [9.17, 15) is 9.18 Å². The van der Waals surface area contributed by atoms with Gasteiger partial charge in [0.15, 0.2) is 5.82 Å². The number of ether oxygens (including phenoxy) is 2. The number of aryl methyl sites for hydroxylation is 1. The minimum atomic E-state index is -0.545. The second kappa shape index (κ2) is 9.77. The van der Waals surface area contributed by atoms with E-state index in [4.69, 9.17) is 15.2 Å². The summed E-state index contributed by atoms with van der Waals surface area (Å²) in [6.07, 6.45) is 7.61. The molecule has 2 aromatic heterocycles. The second-order valence-corrected chi connectivity index (χ2v) is 7.53. The van der Waals surface area contributed by atoms with Gasteiger partial charge in [-0.2, -0.15) is 16.9 Å². The number of hydrogen-bond acceptors (Lipinski definition) is 7. The number of halogens is 1. The van der Waals surface area contributed by atoms with Gasteiger partial charge in [0.05, 0.1) is 24.5 Å². The molecular weight excluding hydrogens is 409 g/mol. The standard InChI is InChI=1S/C18H18FN5O3.C2H6S/c1-10-13(17(20)25)7-24-16(10)18(21-9-22-24)23-14-3-2-11(19)6-15(14)27-12-4-5-26-8-12;1-3-2/h2-3,6-7,9,12H,4-5,8H2,1H3,(H2,20,25)(H,21,22,23);1-2H3. The van der Waals surface area contributed by atoms with E-state index in [2.05, 4.69) is 15.4 Å². The van der Waals surface area contributed by atoms with Gasteiger partial charge >= 0.3 is 0 Å². The van der Waals surface area contributed by atoms with E-state index in [0.29, 0.717) is 47.1 Å². The molecule has 3 heterocycles. The maximum absolute atomic E-state index is 13.7. The number of thioether (sulfide) groups is 1. The van der Waals surface area contributed by atoms with Crippen LogP contribution in [0.5, 0.6) is 5.75 Å². The number of nitrogens with one attached hydrogen (secondary N) is 1. The number of carbonyl (C=O) groups is 1. The van der Waals surface area contributed by atoms with Crippen molar-refractivity contribution in [2.45, 2.75) is 19.4 Å². The molecule has 0 aliphatic carbocycles. The first-order chi connectivity index (χ1) is 14.4. The molecule has 1 aromatic carbocycles. The van der Waals surface area contributed by atoms with Gasteiger partial charge in [0.25, 0.3) is 5.91 Å². The molecule has 1 saturated heterocycles. The minimum Gasteiger partial charge on any atom is -0.486 e. The molecule has 0 bridgehead atoms. The van der Waals surface area contributed by atoms with Crippen molar-refractivity contribution in [3.8, 4) is 5.75 Å². The molecule has 160 valence electrons. The summed E-state index contributed by atoms with van der Waals surface area (Å²) < 4.78 is 26.5. The summed E-state index contributed by atoms with van der Waals surface area (Å²) in [6, 6.07) is 4.23. The monoisotopic (exact) mass is 433 g/mol. The molecule has 1 aliphatic rings. The van der Waals surface area contributed by atoms with Gasteiger partial charge in [0.2, 0.25) is 0 Å². The smallest absolute Gasteiger partial charge is 0.250 e. The topological polar surface area (TPSA) is 104 Å². The fourth-order valence-electron chi connectivity index (χ4n) is 3.11. The molecule has 1 atom stereocenters. The highest BCUT2D eigenvalue weighted by atomic mass is 32.2. The van der Waals surface area contributed by atoms with Crippen LogP contribution in [0.1, 0.15) is 22.3 Å².